The van der Waals surface area contributed by atoms with Crippen molar-refractivity contribution >= 4 is 22.1 Å². The Hall–Kier alpha value is -3.39. The molecule has 0 spiro atoms. The number of hydrogen-bond donors (Lipinski definition) is 0. The smallest absolute Gasteiger partial charge is 0.361 e. The van der Waals surface area contributed by atoms with Crippen LogP contribution in [0, 0.1) is 20.8 Å². The lowest BCUT2D eigenvalue weighted by atomic mass is 9.77. The highest BCUT2D eigenvalue weighted by Gasteiger charge is 2.52. The standard InChI is InChI=1S/C31H31O2/c1-18-12-20(3)27(21(4)13-18)28-29-22(5)14-19(2)17-31(29,6)33-30(28)25-9-8-24-16-26(32-7)11-10-23(24)15-25/h8-17H,1-7H3/q+1. The van der Waals surface area contributed by atoms with E-state index in [-0.39, 0.29) is 0 Å². The van der Waals surface area contributed by atoms with E-state index < -0.39 is 5.60 Å². The van der Waals surface area contributed by atoms with Gasteiger partial charge in [-0.1, -0.05) is 35.9 Å². The SMILES string of the molecule is COc1ccc2cc(C3=[O+]C4(C)C=C(C)C=C(C)C4=C3c3c(C)cc(C)cc3C)ccc2c1. The van der Waals surface area contributed by atoms with Crippen molar-refractivity contribution < 1.29 is 9.16 Å². The number of fused-ring (bicyclic) bond motifs is 2. The number of methoxy groups -OCH3 is 1. The molecular weight excluding hydrogens is 404 g/mol. The lowest BCUT2D eigenvalue weighted by Crippen LogP contribution is -2.24. The third-order valence-corrected chi connectivity index (χ3v) is 6.87. The van der Waals surface area contributed by atoms with Crippen LogP contribution < -0.4 is 4.74 Å². The molecule has 0 bridgehead atoms. The van der Waals surface area contributed by atoms with Gasteiger partial charge in [0.05, 0.1) is 18.2 Å². The van der Waals surface area contributed by atoms with Crippen molar-refractivity contribution in [3.8, 4) is 5.75 Å². The van der Waals surface area contributed by atoms with Crippen molar-refractivity contribution in [1.29, 1.82) is 0 Å². The minimum absolute atomic E-state index is 0.480. The fraction of sp³-hybridized carbons (Fsp3) is 0.258. The molecule has 2 nitrogen and oxygen atoms in total. The van der Waals surface area contributed by atoms with Crippen molar-refractivity contribution in [1.82, 2.24) is 0 Å². The van der Waals surface area contributed by atoms with E-state index in [0.29, 0.717) is 0 Å². The van der Waals surface area contributed by atoms with Crippen molar-refractivity contribution in [2.24, 2.45) is 0 Å². The molecule has 3 aromatic carbocycles. The first-order valence-corrected chi connectivity index (χ1v) is 11.6. The van der Waals surface area contributed by atoms with E-state index in [9.17, 15) is 0 Å². The molecule has 0 saturated carbocycles. The summed E-state index contributed by atoms with van der Waals surface area (Å²) in [5, 5.41) is 2.33. The van der Waals surface area contributed by atoms with Crippen molar-refractivity contribution in [3.05, 3.63) is 105 Å². The molecule has 0 amide bonds. The molecule has 33 heavy (non-hydrogen) atoms. The molecule has 5 rings (SSSR count). The number of rotatable bonds is 3. The summed E-state index contributed by atoms with van der Waals surface area (Å²) < 4.78 is 12.3. The highest BCUT2D eigenvalue weighted by molar-refractivity contribution is 6.33. The van der Waals surface area contributed by atoms with Crippen LogP contribution in [0.25, 0.3) is 16.3 Å². The zero-order chi connectivity index (χ0) is 23.5. The normalized spacial score (nSPS) is 19.9. The van der Waals surface area contributed by atoms with Crippen molar-refractivity contribution in [2.45, 2.75) is 47.1 Å². The van der Waals surface area contributed by atoms with Gasteiger partial charge in [0.2, 0.25) is 0 Å². The Morgan fingerprint density at radius 2 is 1.48 bits per heavy atom. The number of hydrogen-bond acceptors (Lipinski definition) is 1. The van der Waals surface area contributed by atoms with Gasteiger partial charge in [0.15, 0.2) is 0 Å². The van der Waals surface area contributed by atoms with E-state index >= 15 is 0 Å². The molecular formula is C31H31O2+. The lowest BCUT2D eigenvalue weighted by Gasteiger charge is -2.20. The van der Waals surface area contributed by atoms with Gasteiger partial charge in [-0.15, -0.1) is 0 Å². The maximum absolute atomic E-state index is 6.88. The first-order valence-electron chi connectivity index (χ1n) is 11.6. The summed E-state index contributed by atoms with van der Waals surface area (Å²) in [6.45, 7) is 13.1. The summed E-state index contributed by atoms with van der Waals surface area (Å²) >= 11 is 0. The van der Waals surface area contributed by atoms with Gasteiger partial charge in [-0.05, 0) is 97.5 Å². The largest absolute Gasteiger partial charge is 0.497 e. The minimum Gasteiger partial charge on any atom is -0.497 e. The molecule has 2 aliphatic rings. The van der Waals surface area contributed by atoms with E-state index in [1.54, 1.807) is 7.11 Å². The van der Waals surface area contributed by atoms with Gasteiger partial charge in [-0.25, -0.2) is 4.42 Å². The quantitative estimate of drug-likeness (QED) is 0.387. The number of aryl methyl sites for hydroxylation is 3. The molecule has 2 heteroatoms. The monoisotopic (exact) mass is 435 g/mol. The van der Waals surface area contributed by atoms with Crippen LogP contribution >= 0.6 is 0 Å². The average molecular weight is 436 g/mol. The predicted octanol–water partition coefficient (Wildman–Crippen LogP) is 7.62. The molecule has 0 radical (unpaired) electrons. The van der Waals surface area contributed by atoms with E-state index in [0.717, 1.165) is 22.5 Å². The molecule has 0 fully saturated rings. The van der Waals surface area contributed by atoms with Crippen molar-refractivity contribution in [3.63, 3.8) is 0 Å². The molecule has 3 aromatic rings. The first-order chi connectivity index (χ1) is 15.7. The van der Waals surface area contributed by atoms with E-state index in [1.165, 1.54) is 49.9 Å². The van der Waals surface area contributed by atoms with Crippen molar-refractivity contribution in [2.75, 3.05) is 7.11 Å². The predicted molar refractivity (Wildman–Crippen MR) is 138 cm³/mol. The Balaban J connectivity index is 1.80. The van der Waals surface area contributed by atoms with Crippen LogP contribution in [0.5, 0.6) is 5.75 Å². The molecule has 1 atom stereocenters. The Kier molecular flexibility index (Phi) is 4.93. The Labute approximate surface area is 196 Å². The second kappa shape index (κ2) is 7.59. The Morgan fingerprint density at radius 1 is 0.818 bits per heavy atom. The van der Waals surface area contributed by atoms with Crippen LogP contribution in [-0.4, -0.2) is 18.5 Å². The number of carbonyl (C=O) groups excluding carboxylic acids is 1. The van der Waals surface area contributed by atoms with Gasteiger partial charge >= 0.3 is 11.4 Å². The van der Waals surface area contributed by atoms with Gasteiger partial charge < -0.3 is 4.74 Å². The first kappa shape index (κ1) is 21.5. The van der Waals surface area contributed by atoms with Gasteiger partial charge in [-0.2, -0.15) is 0 Å². The fourth-order valence-electron chi connectivity index (χ4n) is 5.76. The van der Waals surface area contributed by atoms with E-state index in [1.807, 2.05) is 6.07 Å². The van der Waals surface area contributed by atoms with Crippen LogP contribution in [0.3, 0.4) is 0 Å². The van der Waals surface area contributed by atoms with Gasteiger partial charge in [-0.3, -0.25) is 0 Å². The Bertz CT molecular complexity index is 1420. The number of ketones is 1. The number of allylic oxidation sites excluding steroid dienone is 3. The van der Waals surface area contributed by atoms with Gasteiger partial charge in [0, 0.05) is 13.0 Å². The zero-order valence-corrected chi connectivity index (χ0v) is 20.6. The van der Waals surface area contributed by atoms with E-state index in [2.05, 4.69) is 96.2 Å². The summed E-state index contributed by atoms with van der Waals surface area (Å²) in [5.41, 5.74) is 10.8. The minimum atomic E-state index is -0.480. The van der Waals surface area contributed by atoms with E-state index in [4.69, 9.17) is 9.16 Å². The maximum atomic E-state index is 6.88. The Morgan fingerprint density at radius 3 is 2.18 bits per heavy atom. The average Bonchev–Trinajstić information content (AvgIpc) is 3.05. The lowest BCUT2D eigenvalue weighted by molar-refractivity contribution is -0.339. The summed E-state index contributed by atoms with van der Waals surface area (Å²) in [5.74, 6) is 1.83. The third kappa shape index (κ3) is 3.45. The molecule has 1 aliphatic heterocycles. The maximum Gasteiger partial charge on any atom is 0.361 e. The third-order valence-electron chi connectivity index (χ3n) is 6.87. The second-order valence-electron chi connectivity index (χ2n) is 9.71. The molecule has 0 saturated heterocycles. The highest BCUT2D eigenvalue weighted by Crippen LogP contribution is 2.47. The number of ether oxygens (including phenoxy) is 1. The van der Waals surface area contributed by atoms with Crippen LogP contribution in [0.4, 0.5) is 0 Å². The summed E-state index contributed by atoms with van der Waals surface area (Å²) in [6, 6.07) is 17.3. The van der Waals surface area contributed by atoms with Crippen LogP contribution in [0.1, 0.15) is 53.0 Å². The summed E-state index contributed by atoms with van der Waals surface area (Å²) in [6.07, 6.45) is 4.53. The van der Waals surface area contributed by atoms with Gasteiger partial charge in [0.25, 0.3) is 0 Å². The molecule has 166 valence electrons. The second-order valence-corrected chi connectivity index (χ2v) is 9.71. The fourth-order valence-corrected chi connectivity index (χ4v) is 5.76. The summed E-state index contributed by atoms with van der Waals surface area (Å²) in [7, 11) is 1.70. The molecule has 1 unspecified atom stereocenters. The molecule has 1 heterocycles. The molecule has 1 aliphatic carbocycles. The summed E-state index contributed by atoms with van der Waals surface area (Å²) in [4.78, 5) is 0. The van der Waals surface area contributed by atoms with Crippen LogP contribution in [0.15, 0.2) is 77.4 Å². The molecule has 0 aromatic heterocycles. The zero-order valence-electron chi connectivity index (χ0n) is 20.6. The highest BCUT2D eigenvalue weighted by atomic mass is 16.5. The number of benzene rings is 3. The van der Waals surface area contributed by atoms with Gasteiger partial charge in [0.1, 0.15) is 11.3 Å². The molecule has 0 N–H and O–H groups in total. The van der Waals surface area contributed by atoms with Crippen LogP contribution in [-0.2, 0) is 0 Å². The van der Waals surface area contributed by atoms with Crippen LogP contribution in [0.2, 0.25) is 0 Å². The topological polar surface area (TPSA) is 20.5 Å².